The molecule has 1 saturated heterocycles. The predicted octanol–water partition coefficient (Wildman–Crippen LogP) is 5.08. The summed E-state index contributed by atoms with van der Waals surface area (Å²) in [5, 5.41) is 4.60. The third-order valence-electron chi connectivity index (χ3n) is 5.47. The first-order valence-electron chi connectivity index (χ1n) is 10.0. The Labute approximate surface area is 181 Å². The molecule has 158 valence electrons. The second-order valence-corrected chi connectivity index (χ2v) is 10.2. The van der Waals surface area contributed by atoms with Gasteiger partial charge in [-0.1, -0.05) is 54.9 Å². The molecular weight excluding hydrogens is 422 g/mol. The number of nitrogens with zero attached hydrogens (tertiary/aromatic N) is 3. The second-order valence-electron chi connectivity index (χ2n) is 7.86. The van der Waals surface area contributed by atoms with Gasteiger partial charge in [-0.2, -0.15) is 9.29 Å². The van der Waals surface area contributed by atoms with Crippen molar-refractivity contribution >= 4 is 21.6 Å². The van der Waals surface area contributed by atoms with E-state index in [2.05, 4.69) is 24.0 Å². The first-order valence-corrected chi connectivity index (χ1v) is 11.9. The Hall–Kier alpha value is -2.22. The minimum absolute atomic E-state index is 0.146. The van der Waals surface area contributed by atoms with Crippen molar-refractivity contribution in [1.82, 2.24) is 14.4 Å². The van der Waals surface area contributed by atoms with Gasteiger partial charge in [0, 0.05) is 18.7 Å². The van der Waals surface area contributed by atoms with Crippen molar-refractivity contribution in [3.05, 3.63) is 65.0 Å². The van der Waals surface area contributed by atoms with E-state index in [1.807, 2.05) is 30.3 Å². The Morgan fingerprint density at radius 1 is 1.13 bits per heavy atom. The monoisotopic (exact) mass is 445 g/mol. The lowest BCUT2D eigenvalue weighted by Crippen LogP contribution is -2.39. The lowest BCUT2D eigenvalue weighted by atomic mass is 10.00. The number of benzene rings is 2. The zero-order valence-electron chi connectivity index (χ0n) is 17.0. The van der Waals surface area contributed by atoms with E-state index in [1.165, 1.54) is 4.31 Å². The van der Waals surface area contributed by atoms with Gasteiger partial charge in [0.15, 0.2) is 0 Å². The molecule has 2 heterocycles. The number of sulfonamides is 1. The fourth-order valence-electron chi connectivity index (χ4n) is 3.69. The molecule has 3 aromatic rings. The van der Waals surface area contributed by atoms with Crippen molar-refractivity contribution in [1.29, 1.82) is 0 Å². The Balaban J connectivity index is 1.54. The van der Waals surface area contributed by atoms with E-state index >= 15 is 0 Å². The first kappa shape index (κ1) is 21.0. The molecule has 0 bridgehead atoms. The van der Waals surface area contributed by atoms with E-state index in [1.54, 1.807) is 18.2 Å². The highest BCUT2D eigenvalue weighted by Gasteiger charge is 2.33. The van der Waals surface area contributed by atoms with Crippen LogP contribution in [0.3, 0.4) is 0 Å². The van der Waals surface area contributed by atoms with Gasteiger partial charge >= 0.3 is 0 Å². The zero-order valence-corrected chi connectivity index (χ0v) is 18.5. The van der Waals surface area contributed by atoms with E-state index in [0.717, 1.165) is 18.4 Å². The van der Waals surface area contributed by atoms with Gasteiger partial charge in [0.1, 0.15) is 0 Å². The van der Waals surface area contributed by atoms with Crippen molar-refractivity contribution in [3.63, 3.8) is 0 Å². The number of aromatic nitrogens is 2. The molecule has 30 heavy (non-hydrogen) atoms. The van der Waals surface area contributed by atoms with Crippen LogP contribution in [0.2, 0.25) is 5.02 Å². The van der Waals surface area contributed by atoms with Crippen molar-refractivity contribution in [2.45, 2.75) is 43.4 Å². The van der Waals surface area contributed by atoms with Crippen LogP contribution in [0.1, 0.15) is 50.0 Å². The van der Waals surface area contributed by atoms with E-state index < -0.39 is 10.0 Å². The Kier molecular flexibility index (Phi) is 5.95. The average molecular weight is 446 g/mol. The fourth-order valence-corrected chi connectivity index (χ4v) is 5.43. The third-order valence-corrected chi connectivity index (χ3v) is 7.68. The Bertz CT molecular complexity index is 1130. The number of hydrogen-bond donors (Lipinski definition) is 0. The van der Waals surface area contributed by atoms with Gasteiger partial charge in [-0.3, -0.25) is 0 Å². The summed E-state index contributed by atoms with van der Waals surface area (Å²) < 4.78 is 33.3. The largest absolute Gasteiger partial charge is 0.339 e. The molecule has 1 atom stereocenters. The second kappa shape index (κ2) is 8.49. The molecule has 6 nitrogen and oxygen atoms in total. The summed E-state index contributed by atoms with van der Waals surface area (Å²) in [6.45, 7) is 4.97. The summed E-state index contributed by atoms with van der Waals surface area (Å²) >= 11 is 6.23. The topological polar surface area (TPSA) is 76.3 Å². The van der Waals surface area contributed by atoms with Crippen LogP contribution >= 0.6 is 11.6 Å². The van der Waals surface area contributed by atoms with Crippen molar-refractivity contribution in [3.8, 4) is 11.4 Å². The summed E-state index contributed by atoms with van der Waals surface area (Å²) in [6, 6.07) is 14.4. The number of piperidine rings is 1. The number of rotatable bonds is 5. The highest BCUT2D eigenvalue weighted by atomic mass is 35.5. The molecular formula is C22H24ClN3O3S. The smallest absolute Gasteiger partial charge is 0.243 e. The van der Waals surface area contributed by atoms with Gasteiger partial charge in [0.05, 0.1) is 15.8 Å². The van der Waals surface area contributed by atoms with Crippen LogP contribution in [0.5, 0.6) is 0 Å². The van der Waals surface area contributed by atoms with E-state index in [4.69, 9.17) is 16.1 Å². The van der Waals surface area contributed by atoms with Gasteiger partial charge in [-0.15, -0.1) is 0 Å². The molecule has 8 heteroatoms. The number of halogens is 1. The summed E-state index contributed by atoms with van der Waals surface area (Å²) in [5.74, 6) is 1.07. The maximum absolute atomic E-state index is 13.2. The number of hydrogen-bond acceptors (Lipinski definition) is 5. The van der Waals surface area contributed by atoms with Gasteiger partial charge in [0.25, 0.3) is 0 Å². The quantitative estimate of drug-likeness (QED) is 0.547. The SMILES string of the molecule is CC(C)c1ccc(S(=O)(=O)N2CCC[C@H](c3nc(-c4ccccc4Cl)no3)C2)cc1. The first-order chi connectivity index (χ1) is 14.4. The molecule has 0 aliphatic carbocycles. The summed E-state index contributed by atoms with van der Waals surface area (Å²) in [7, 11) is -3.58. The van der Waals surface area contributed by atoms with E-state index in [0.29, 0.717) is 46.2 Å². The maximum atomic E-state index is 13.2. The van der Waals surface area contributed by atoms with Crippen molar-refractivity contribution in [2.75, 3.05) is 13.1 Å². The predicted molar refractivity (Wildman–Crippen MR) is 116 cm³/mol. The minimum atomic E-state index is -3.58. The normalized spacial score (nSPS) is 18.1. The van der Waals surface area contributed by atoms with E-state index in [-0.39, 0.29) is 5.92 Å². The van der Waals surface area contributed by atoms with Gasteiger partial charge in [-0.25, -0.2) is 8.42 Å². The highest BCUT2D eigenvalue weighted by molar-refractivity contribution is 7.89. The molecule has 0 saturated carbocycles. The molecule has 1 aliphatic heterocycles. The maximum Gasteiger partial charge on any atom is 0.243 e. The highest BCUT2D eigenvalue weighted by Crippen LogP contribution is 2.32. The lowest BCUT2D eigenvalue weighted by molar-refractivity contribution is 0.265. The molecule has 1 aliphatic rings. The molecule has 2 aromatic carbocycles. The van der Waals surface area contributed by atoms with Gasteiger partial charge in [-0.05, 0) is 48.6 Å². The van der Waals surface area contributed by atoms with Gasteiger partial charge in [0.2, 0.25) is 21.7 Å². The Morgan fingerprint density at radius 3 is 2.57 bits per heavy atom. The molecule has 0 radical (unpaired) electrons. The van der Waals surface area contributed by atoms with Gasteiger partial charge < -0.3 is 4.52 Å². The summed E-state index contributed by atoms with van der Waals surface area (Å²) in [5.41, 5.74) is 1.81. The molecule has 0 spiro atoms. The fraction of sp³-hybridized carbons (Fsp3) is 0.364. The molecule has 1 fully saturated rings. The van der Waals surface area contributed by atoms with Crippen LogP contribution in [0, 0.1) is 0 Å². The molecule has 4 rings (SSSR count). The van der Waals surface area contributed by atoms with Crippen molar-refractivity contribution in [2.24, 2.45) is 0 Å². The third kappa shape index (κ3) is 4.15. The van der Waals surface area contributed by atoms with Crippen molar-refractivity contribution < 1.29 is 12.9 Å². The molecule has 0 amide bonds. The molecule has 1 aromatic heterocycles. The van der Waals surface area contributed by atoms with Crippen LogP contribution in [-0.2, 0) is 10.0 Å². The summed E-state index contributed by atoms with van der Waals surface area (Å²) in [6.07, 6.45) is 1.53. The molecule has 0 N–H and O–H groups in total. The van der Waals surface area contributed by atoms with Crippen LogP contribution in [-0.4, -0.2) is 36.0 Å². The van der Waals surface area contributed by atoms with Crippen LogP contribution in [0.25, 0.3) is 11.4 Å². The zero-order chi connectivity index (χ0) is 21.3. The van der Waals surface area contributed by atoms with E-state index in [9.17, 15) is 8.42 Å². The van der Waals surface area contributed by atoms with Crippen LogP contribution < -0.4 is 0 Å². The summed E-state index contributed by atoms with van der Waals surface area (Å²) in [4.78, 5) is 4.82. The lowest BCUT2D eigenvalue weighted by Gasteiger charge is -2.30. The van der Waals surface area contributed by atoms with Crippen LogP contribution in [0.15, 0.2) is 57.9 Å². The Morgan fingerprint density at radius 2 is 1.87 bits per heavy atom. The van der Waals surface area contributed by atoms with Crippen LogP contribution in [0.4, 0.5) is 0 Å². The average Bonchev–Trinajstić information content (AvgIpc) is 3.24. The minimum Gasteiger partial charge on any atom is -0.339 e. The standard InChI is InChI=1S/C22H24ClN3O3S/c1-15(2)16-9-11-18(12-10-16)30(27,28)26-13-5-6-17(14-26)22-24-21(25-29-22)19-7-3-4-8-20(19)23/h3-4,7-12,15,17H,5-6,13-14H2,1-2H3/t17-/m0/s1. The molecule has 0 unspecified atom stereocenters.